The van der Waals surface area contributed by atoms with Gasteiger partial charge in [-0.3, -0.25) is 4.72 Å². The van der Waals surface area contributed by atoms with Crippen LogP contribution in [0, 0.1) is 11.6 Å². The molecule has 4 nitrogen and oxygen atoms in total. The Labute approximate surface area is 129 Å². The van der Waals surface area contributed by atoms with Gasteiger partial charge in [0.2, 0.25) is 0 Å². The molecule has 21 heavy (non-hydrogen) atoms. The van der Waals surface area contributed by atoms with Crippen molar-refractivity contribution < 1.29 is 17.2 Å². The lowest BCUT2D eigenvalue weighted by Crippen LogP contribution is -2.15. The Kier molecular flexibility index (Phi) is 4.27. The molecule has 0 spiro atoms. The SMILES string of the molecule is Nc1cc(Cl)c(F)c(S(=O)(=O)Nc2cc(F)cc(Cl)c2)c1. The van der Waals surface area contributed by atoms with E-state index in [0.717, 1.165) is 24.3 Å². The minimum absolute atomic E-state index is 0.0150. The Morgan fingerprint density at radius 2 is 1.71 bits per heavy atom. The lowest BCUT2D eigenvalue weighted by molar-refractivity contribution is 0.571. The number of hydrogen-bond donors (Lipinski definition) is 2. The molecule has 0 aliphatic heterocycles. The van der Waals surface area contributed by atoms with Crippen molar-refractivity contribution in [1.29, 1.82) is 0 Å². The number of rotatable bonds is 3. The summed E-state index contributed by atoms with van der Waals surface area (Å²) in [5.74, 6) is -1.90. The van der Waals surface area contributed by atoms with Gasteiger partial charge in [-0.25, -0.2) is 17.2 Å². The van der Waals surface area contributed by atoms with E-state index in [9.17, 15) is 17.2 Å². The van der Waals surface area contributed by atoms with Gasteiger partial charge in [0.25, 0.3) is 10.0 Å². The maximum atomic E-state index is 13.8. The molecule has 3 N–H and O–H groups in total. The van der Waals surface area contributed by atoms with Gasteiger partial charge in [-0.15, -0.1) is 0 Å². The first-order chi connectivity index (χ1) is 9.69. The lowest BCUT2D eigenvalue weighted by atomic mass is 10.3. The number of nitrogen functional groups attached to an aromatic ring is 1. The van der Waals surface area contributed by atoms with E-state index in [2.05, 4.69) is 0 Å². The summed E-state index contributed by atoms with van der Waals surface area (Å²) in [7, 11) is -4.34. The molecule has 2 aromatic carbocycles. The maximum Gasteiger partial charge on any atom is 0.264 e. The van der Waals surface area contributed by atoms with Gasteiger partial charge in [0, 0.05) is 10.7 Å². The predicted octanol–water partition coefficient (Wildman–Crippen LogP) is 3.65. The lowest BCUT2D eigenvalue weighted by Gasteiger charge is -2.11. The van der Waals surface area contributed by atoms with Crippen molar-refractivity contribution >= 4 is 44.6 Å². The van der Waals surface area contributed by atoms with Crippen LogP contribution in [0.3, 0.4) is 0 Å². The number of nitrogens with two attached hydrogens (primary N) is 1. The number of nitrogens with one attached hydrogen (secondary N) is 1. The molecule has 0 bridgehead atoms. The van der Waals surface area contributed by atoms with Crippen molar-refractivity contribution in [2.75, 3.05) is 10.5 Å². The summed E-state index contributed by atoms with van der Waals surface area (Å²) < 4.78 is 53.3. The average molecular weight is 353 g/mol. The van der Waals surface area contributed by atoms with Crippen molar-refractivity contribution in [2.24, 2.45) is 0 Å². The number of hydrogen-bond acceptors (Lipinski definition) is 3. The van der Waals surface area contributed by atoms with E-state index in [0.29, 0.717) is 0 Å². The number of sulfonamides is 1. The van der Waals surface area contributed by atoms with Crippen molar-refractivity contribution in [3.8, 4) is 0 Å². The van der Waals surface area contributed by atoms with Crippen LogP contribution in [0.15, 0.2) is 35.2 Å². The third-order valence-corrected chi connectivity index (χ3v) is 4.30. The molecule has 0 unspecified atom stereocenters. The van der Waals surface area contributed by atoms with E-state index in [1.54, 1.807) is 0 Å². The van der Waals surface area contributed by atoms with Crippen LogP contribution in [0.1, 0.15) is 0 Å². The summed E-state index contributed by atoms with van der Waals surface area (Å²) in [5.41, 5.74) is 5.26. The van der Waals surface area contributed by atoms with Gasteiger partial charge in [-0.1, -0.05) is 23.2 Å². The first-order valence-corrected chi connectivity index (χ1v) is 7.66. The monoisotopic (exact) mass is 352 g/mol. The highest BCUT2D eigenvalue weighted by Crippen LogP contribution is 2.28. The Morgan fingerprint density at radius 3 is 2.33 bits per heavy atom. The molecule has 0 fully saturated rings. The first kappa shape index (κ1) is 15.8. The van der Waals surface area contributed by atoms with E-state index < -0.39 is 31.6 Å². The van der Waals surface area contributed by atoms with E-state index in [1.807, 2.05) is 4.72 Å². The Morgan fingerprint density at radius 1 is 1.05 bits per heavy atom. The fourth-order valence-electron chi connectivity index (χ4n) is 1.60. The number of halogens is 4. The van der Waals surface area contributed by atoms with Crippen LogP contribution < -0.4 is 10.5 Å². The van der Waals surface area contributed by atoms with Crippen LogP contribution in [-0.2, 0) is 10.0 Å². The summed E-state index contributed by atoms with van der Waals surface area (Å²) in [4.78, 5) is -0.743. The van der Waals surface area contributed by atoms with Gasteiger partial charge in [0.1, 0.15) is 10.7 Å². The summed E-state index contributed by atoms with van der Waals surface area (Å²) in [6.07, 6.45) is 0. The summed E-state index contributed by atoms with van der Waals surface area (Å²) in [6.45, 7) is 0. The summed E-state index contributed by atoms with van der Waals surface area (Å²) in [5, 5.41) is -0.452. The quantitative estimate of drug-likeness (QED) is 0.828. The third kappa shape index (κ3) is 3.55. The smallest absolute Gasteiger partial charge is 0.264 e. The van der Waals surface area contributed by atoms with Crippen molar-refractivity contribution in [1.82, 2.24) is 0 Å². The largest absolute Gasteiger partial charge is 0.399 e. The predicted molar refractivity (Wildman–Crippen MR) is 78.0 cm³/mol. The minimum atomic E-state index is -4.34. The van der Waals surface area contributed by atoms with Gasteiger partial charge < -0.3 is 5.73 Å². The molecule has 0 atom stereocenters. The van der Waals surface area contributed by atoms with Crippen LogP contribution >= 0.6 is 23.2 Å². The zero-order chi connectivity index (χ0) is 15.8. The molecule has 0 amide bonds. The fraction of sp³-hybridized carbons (Fsp3) is 0. The number of anilines is 2. The molecule has 0 saturated heterocycles. The van der Waals surface area contributed by atoms with Crippen LogP contribution in [0.2, 0.25) is 10.0 Å². The molecule has 0 aliphatic carbocycles. The molecule has 0 heterocycles. The average Bonchev–Trinajstić information content (AvgIpc) is 2.31. The minimum Gasteiger partial charge on any atom is -0.399 e. The molecule has 0 saturated carbocycles. The number of benzene rings is 2. The van der Waals surface area contributed by atoms with E-state index in [1.165, 1.54) is 6.07 Å². The first-order valence-electron chi connectivity index (χ1n) is 5.42. The van der Waals surface area contributed by atoms with Crippen LogP contribution in [-0.4, -0.2) is 8.42 Å². The topological polar surface area (TPSA) is 72.2 Å². The Bertz CT molecular complexity index is 793. The summed E-state index contributed by atoms with van der Waals surface area (Å²) in [6, 6.07) is 5.06. The van der Waals surface area contributed by atoms with Gasteiger partial charge in [-0.05, 0) is 30.3 Å². The van der Waals surface area contributed by atoms with Crippen LogP contribution in [0.5, 0.6) is 0 Å². The highest BCUT2D eigenvalue weighted by molar-refractivity contribution is 7.92. The van der Waals surface area contributed by atoms with Crippen LogP contribution in [0.4, 0.5) is 20.2 Å². The molecular formula is C12H8Cl2F2N2O2S. The van der Waals surface area contributed by atoms with Crippen LogP contribution in [0.25, 0.3) is 0 Å². The maximum absolute atomic E-state index is 13.8. The molecule has 2 aromatic rings. The summed E-state index contributed by atoms with van der Waals surface area (Å²) >= 11 is 11.2. The normalized spacial score (nSPS) is 11.4. The Balaban J connectivity index is 2.48. The van der Waals surface area contributed by atoms with E-state index in [4.69, 9.17) is 28.9 Å². The third-order valence-electron chi connectivity index (χ3n) is 2.42. The molecule has 0 aliphatic rings. The molecule has 0 radical (unpaired) electrons. The van der Waals surface area contributed by atoms with E-state index >= 15 is 0 Å². The fourth-order valence-corrected chi connectivity index (χ4v) is 3.28. The van der Waals surface area contributed by atoms with Crippen molar-refractivity contribution in [3.05, 3.63) is 52.0 Å². The second kappa shape index (κ2) is 5.67. The molecule has 9 heteroatoms. The Hall–Kier alpha value is -1.57. The molecule has 2 rings (SSSR count). The molecule has 112 valence electrons. The molecule has 0 aromatic heterocycles. The van der Waals surface area contributed by atoms with Crippen molar-refractivity contribution in [3.63, 3.8) is 0 Å². The molecular weight excluding hydrogens is 345 g/mol. The van der Waals surface area contributed by atoms with Crippen molar-refractivity contribution in [2.45, 2.75) is 4.90 Å². The van der Waals surface area contributed by atoms with Gasteiger partial charge >= 0.3 is 0 Å². The zero-order valence-electron chi connectivity index (χ0n) is 10.2. The van der Waals surface area contributed by atoms with Gasteiger partial charge in [-0.2, -0.15) is 0 Å². The standard InChI is InChI=1S/C12H8Cl2F2N2O2S/c13-6-1-7(15)3-9(2-6)18-21(19,20)11-5-8(17)4-10(14)12(11)16/h1-5,18H,17H2. The second-order valence-electron chi connectivity index (χ2n) is 4.08. The zero-order valence-corrected chi connectivity index (χ0v) is 12.5. The highest BCUT2D eigenvalue weighted by atomic mass is 35.5. The second-order valence-corrected chi connectivity index (χ2v) is 6.57. The van der Waals surface area contributed by atoms with Gasteiger partial charge in [0.15, 0.2) is 5.82 Å². The highest BCUT2D eigenvalue weighted by Gasteiger charge is 2.22. The van der Waals surface area contributed by atoms with E-state index in [-0.39, 0.29) is 16.4 Å². The van der Waals surface area contributed by atoms with Gasteiger partial charge in [0.05, 0.1) is 10.7 Å².